The quantitative estimate of drug-likeness (QED) is 0.432. The van der Waals surface area contributed by atoms with Gasteiger partial charge in [-0.1, -0.05) is 35.5 Å². The van der Waals surface area contributed by atoms with Crippen molar-refractivity contribution in [3.05, 3.63) is 64.9 Å². The highest BCUT2D eigenvalue weighted by Crippen LogP contribution is 2.27. The van der Waals surface area contributed by atoms with Crippen LogP contribution in [0.4, 0.5) is 0 Å². The van der Waals surface area contributed by atoms with Gasteiger partial charge in [0.05, 0.1) is 18.9 Å². The van der Waals surface area contributed by atoms with Gasteiger partial charge in [0.15, 0.2) is 11.0 Å². The summed E-state index contributed by atoms with van der Waals surface area (Å²) in [6, 6.07) is 15.3. The Bertz CT molecular complexity index is 1050. The van der Waals surface area contributed by atoms with Crippen LogP contribution in [0.2, 0.25) is 5.02 Å². The van der Waals surface area contributed by atoms with E-state index in [0.717, 1.165) is 22.8 Å². The fourth-order valence-corrected chi connectivity index (χ4v) is 4.10. The lowest BCUT2D eigenvalue weighted by Gasteiger charge is -2.21. The molecular formula is C23H28ClN5O2S. The highest BCUT2D eigenvalue weighted by molar-refractivity contribution is 7.99. The number of nitrogens with zero attached hydrogens (tertiary/aromatic N) is 5. The smallest absolute Gasteiger partial charge is 0.233 e. The zero-order valence-electron chi connectivity index (χ0n) is 18.9. The summed E-state index contributed by atoms with van der Waals surface area (Å²) >= 11 is 7.45. The van der Waals surface area contributed by atoms with Gasteiger partial charge in [-0.05, 0) is 63.0 Å². The molecule has 0 aliphatic rings. The van der Waals surface area contributed by atoms with Crippen molar-refractivity contribution >= 4 is 29.3 Å². The van der Waals surface area contributed by atoms with Gasteiger partial charge in [-0.25, -0.2) is 0 Å². The van der Waals surface area contributed by atoms with E-state index in [4.69, 9.17) is 16.3 Å². The van der Waals surface area contributed by atoms with E-state index in [2.05, 4.69) is 22.0 Å². The Kier molecular flexibility index (Phi) is 8.17. The van der Waals surface area contributed by atoms with Crippen molar-refractivity contribution in [1.82, 2.24) is 24.6 Å². The SMILES string of the molecule is COc1cccc(CN(C)C(=O)CSc2nnc(C(C)N(C)C)n2-c2ccc(Cl)cc2)c1. The number of amides is 1. The molecule has 0 aliphatic heterocycles. The van der Waals surface area contributed by atoms with Gasteiger partial charge in [-0.2, -0.15) is 0 Å². The first-order chi connectivity index (χ1) is 15.3. The minimum Gasteiger partial charge on any atom is -0.497 e. The summed E-state index contributed by atoms with van der Waals surface area (Å²) in [6.07, 6.45) is 0. The third-order valence-corrected chi connectivity index (χ3v) is 6.36. The summed E-state index contributed by atoms with van der Waals surface area (Å²) in [5.41, 5.74) is 1.92. The largest absolute Gasteiger partial charge is 0.497 e. The maximum atomic E-state index is 12.8. The number of aromatic nitrogens is 3. The third kappa shape index (κ3) is 5.82. The molecule has 1 unspecified atom stereocenters. The Morgan fingerprint density at radius 3 is 2.53 bits per heavy atom. The van der Waals surface area contributed by atoms with E-state index in [1.54, 1.807) is 19.1 Å². The Morgan fingerprint density at radius 1 is 1.16 bits per heavy atom. The molecule has 7 nitrogen and oxygen atoms in total. The molecule has 3 rings (SSSR count). The molecule has 0 bridgehead atoms. The molecule has 1 amide bonds. The Balaban J connectivity index is 1.76. The molecule has 9 heteroatoms. The van der Waals surface area contributed by atoms with Crippen LogP contribution in [0, 0.1) is 0 Å². The number of rotatable bonds is 9. The first-order valence-corrected chi connectivity index (χ1v) is 11.5. The number of hydrogen-bond acceptors (Lipinski definition) is 6. The highest BCUT2D eigenvalue weighted by Gasteiger charge is 2.22. The molecule has 1 atom stereocenters. The van der Waals surface area contributed by atoms with Crippen LogP contribution in [-0.4, -0.2) is 64.5 Å². The number of carbonyl (C=O) groups is 1. The Morgan fingerprint density at radius 2 is 1.88 bits per heavy atom. The molecule has 170 valence electrons. The lowest BCUT2D eigenvalue weighted by molar-refractivity contribution is -0.127. The fourth-order valence-electron chi connectivity index (χ4n) is 3.08. The summed E-state index contributed by atoms with van der Waals surface area (Å²) in [6.45, 7) is 2.57. The molecule has 0 saturated carbocycles. The molecule has 0 radical (unpaired) electrons. The van der Waals surface area contributed by atoms with Crippen molar-refractivity contribution in [2.45, 2.75) is 24.7 Å². The van der Waals surface area contributed by atoms with E-state index >= 15 is 0 Å². The van der Waals surface area contributed by atoms with Gasteiger partial charge in [0.25, 0.3) is 0 Å². The van der Waals surface area contributed by atoms with Crippen LogP contribution < -0.4 is 4.74 Å². The van der Waals surface area contributed by atoms with Crippen LogP contribution in [0.15, 0.2) is 53.7 Å². The second-order valence-electron chi connectivity index (χ2n) is 7.68. The molecule has 1 aromatic heterocycles. The standard InChI is InChI=1S/C23H28ClN5O2S/c1-16(27(2)3)22-25-26-23(29(22)19-11-9-18(24)10-12-19)32-15-21(30)28(4)14-17-7-6-8-20(13-17)31-5/h6-13,16H,14-15H2,1-5H3. The minimum atomic E-state index is 0.00526. The number of thioether (sulfide) groups is 1. The zero-order chi connectivity index (χ0) is 23.3. The average Bonchev–Trinajstić information content (AvgIpc) is 3.21. The van der Waals surface area contributed by atoms with Crippen LogP contribution in [0.25, 0.3) is 5.69 Å². The van der Waals surface area contributed by atoms with Crippen LogP contribution >= 0.6 is 23.4 Å². The van der Waals surface area contributed by atoms with E-state index in [1.807, 2.05) is 67.2 Å². The van der Waals surface area contributed by atoms with Gasteiger partial charge in [-0.15, -0.1) is 10.2 Å². The second-order valence-corrected chi connectivity index (χ2v) is 9.06. The molecule has 0 aliphatic carbocycles. The minimum absolute atomic E-state index is 0.00526. The van der Waals surface area contributed by atoms with Crippen molar-refractivity contribution in [2.24, 2.45) is 0 Å². The predicted molar refractivity (Wildman–Crippen MR) is 129 cm³/mol. The molecule has 3 aromatic rings. The lowest BCUT2D eigenvalue weighted by atomic mass is 10.2. The number of carbonyl (C=O) groups excluding carboxylic acids is 1. The maximum Gasteiger partial charge on any atom is 0.233 e. The van der Waals surface area contributed by atoms with E-state index in [9.17, 15) is 4.79 Å². The van der Waals surface area contributed by atoms with Gasteiger partial charge in [-0.3, -0.25) is 14.3 Å². The molecule has 0 fully saturated rings. The molecule has 1 heterocycles. The van der Waals surface area contributed by atoms with Crippen LogP contribution in [0.5, 0.6) is 5.75 Å². The van der Waals surface area contributed by atoms with E-state index < -0.39 is 0 Å². The van der Waals surface area contributed by atoms with Gasteiger partial charge < -0.3 is 9.64 Å². The second kappa shape index (κ2) is 10.8. The highest BCUT2D eigenvalue weighted by atomic mass is 35.5. The van der Waals surface area contributed by atoms with Gasteiger partial charge >= 0.3 is 0 Å². The van der Waals surface area contributed by atoms with Gasteiger partial charge in [0.1, 0.15) is 5.75 Å². The molecular weight excluding hydrogens is 446 g/mol. The Hall–Kier alpha value is -2.55. The zero-order valence-corrected chi connectivity index (χ0v) is 20.5. The summed E-state index contributed by atoms with van der Waals surface area (Å²) in [5.74, 6) is 1.83. The number of ether oxygens (including phenoxy) is 1. The molecule has 2 aromatic carbocycles. The lowest BCUT2D eigenvalue weighted by Crippen LogP contribution is -2.28. The predicted octanol–water partition coefficient (Wildman–Crippen LogP) is 4.30. The van der Waals surface area contributed by atoms with Crippen LogP contribution in [0.3, 0.4) is 0 Å². The Labute approximate surface area is 198 Å². The van der Waals surface area contributed by atoms with E-state index in [1.165, 1.54) is 11.8 Å². The van der Waals surface area contributed by atoms with Crippen molar-refractivity contribution in [1.29, 1.82) is 0 Å². The monoisotopic (exact) mass is 473 g/mol. The number of hydrogen-bond donors (Lipinski definition) is 0. The molecule has 0 saturated heterocycles. The van der Waals surface area contributed by atoms with Gasteiger partial charge in [0, 0.05) is 24.3 Å². The van der Waals surface area contributed by atoms with Gasteiger partial charge in [0.2, 0.25) is 5.91 Å². The van der Waals surface area contributed by atoms with Crippen molar-refractivity contribution in [3.8, 4) is 11.4 Å². The van der Waals surface area contributed by atoms with Crippen LogP contribution in [-0.2, 0) is 11.3 Å². The van der Waals surface area contributed by atoms with Crippen molar-refractivity contribution in [2.75, 3.05) is 34.0 Å². The molecule has 0 spiro atoms. The topological polar surface area (TPSA) is 63.5 Å². The third-order valence-electron chi connectivity index (χ3n) is 5.20. The molecule has 32 heavy (non-hydrogen) atoms. The summed E-state index contributed by atoms with van der Waals surface area (Å²) in [5, 5.41) is 10.1. The normalized spacial score (nSPS) is 12.1. The first-order valence-electron chi connectivity index (χ1n) is 10.2. The van der Waals surface area contributed by atoms with Crippen molar-refractivity contribution < 1.29 is 9.53 Å². The fraction of sp³-hybridized carbons (Fsp3) is 0.348. The summed E-state index contributed by atoms with van der Waals surface area (Å²) in [4.78, 5) is 16.6. The first kappa shape index (κ1) is 24.1. The van der Waals surface area contributed by atoms with E-state index in [0.29, 0.717) is 16.7 Å². The number of halogens is 1. The average molecular weight is 474 g/mol. The summed E-state index contributed by atoms with van der Waals surface area (Å²) in [7, 11) is 7.42. The van der Waals surface area contributed by atoms with Crippen LogP contribution in [0.1, 0.15) is 24.4 Å². The number of methoxy groups -OCH3 is 1. The number of benzene rings is 2. The van der Waals surface area contributed by atoms with Crippen molar-refractivity contribution in [3.63, 3.8) is 0 Å². The maximum absolute atomic E-state index is 12.8. The van der Waals surface area contributed by atoms with E-state index in [-0.39, 0.29) is 17.7 Å². The molecule has 0 N–H and O–H groups in total. The summed E-state index contributed by atoms with van der Waals surface area (Å²) < 4.78 is 7.25.